The molecule has 2 aromatic heterocycles. The van der Waals surface area contributed by atoms with Gasteiger partial charge in [0.05, 0.1) is 5.39 Å². The van der Waals surface area contributed by atoms with E-state index in [1.807, 2.05) is 6.07 Å². The molecule has 11 rings (SSSR count). The highest BCUT2D eigenvalue weighted by molar-refractivity contribution is 6.32. The van der Waals surface area contributed by atoms with Crippen molar-refractivity contribution >= 4 is 87.0 Å². The minimum Gasteiger partial charge on any atom is -0.455 e. The summed E-state index contributed by atoms with van der Waals surface area (Å²) in [5, 5.41) is 13.9. The molecule has 0 radical (unpaired) electrons. The van der Waals surface area contributed by atoms with E-state index in [1.165, 1.54) is 49.0 Å². The summed E-state index contributed by atoms with van der Waals surface area (Å²) < 4.78 is 13.6. The molecule has 11 aromatic rings. The monoisotopic (exact) mass is 610 g/mol. The molecule has 2 nitrogen and oxygen atoms in total. The van der Waals surface area contributed by atoms with Crippen LogP contribution in [0.5, 0.6) is 0 Å². The van der Waals surface area contributed by atoms with Crippen LogP contribution in [0, 0.1) is 0 Å². The fourth-order valence-electron chi connectivity index (χ4n) is 8.22. The molecular formula is C46H26O2. The number of hydrogen-bond donors (Lipinski definition) is 0. The lowest BCUT2D eigenvalue weighted by Crippen LogP contribution is -1.92. The van der Waals surface area contributed by atoms with Gasteiger partial charge in [-0.3, -0.25) is 0 Å². The number of fused-ring (bicyclic) bond motifs is 12. The summed E-state index contributed by atoms with van der Waals surface area (Å²) in [5.74, 6) is 0. The third-order valence-corrected chi connectivity index (χ3v) is 10.2. The van der Waals surface area contributed by atoms with Gasteiger partial charge >= 0.3 is 0 Å². The largest absolute Gasteiger partial charge is 0.455 e. The maximum Gasteiger partial charge on any atom is 0.147 e. The Morgan fingerprint density at radius 1 is 0.292 bits per heavy atom. The van der Waals surface area contributed by atoms with Gasteiger partial charge in [-0.1, -0.05) is 140 Å². The van der Waals surface area contributed by atoms with Gasteiger partial charge in [0.15, 0.2) is 0 Å². The summed E-state index contributed by atoms with van der Waals surface area (Å²) in [6.07, 6.45) is 0. The van der Waals surface area contributed by atoms with Gasteiger partial charge in [0.2, 0.25) is 0 Å². The summed E-state index contributed by atoms with van der Waals surface area (Å²) in [4.78, 5) is 0. The van der Waals surface area contributed by atoms with E-state index in [9.17, 15) is 0 Å². The predicted octanol–water partition coefficient (Wildman–Crippen LogP) is 13.4. The van der Waals surface area contributed by atoms with Gasteiger partial charge in [-0.15, -0.1) is 0 Å². The molecule has 9 aromatic carbocycles. The van der Waals surface area contributed by atoms with Gasteiger partial charge in [0.1, 0.15) is 22.3 Å². The zero-order chi connectivity index (χ0) is 31.3. The van der Waals surface area contributed by atoms with Crippen LogP contribution in [-0.2, 0) is 0 Å². The first-order valence-corrected chi connectivity index (χ1v) is 16.4. The normalized spacial score (nSPS) is 12.2. The van der Waals surface area contributed by atoms with E-state index >= 15 is 0 Å². The maximum absolute atomic E-state index is 6.84. The SMILES string of the molecule is c1ccc2c(-c3c4ccccc4c(-c4cc5oc6c7ccccc7ccc6c5c5oc6ccccc6c45)c4ccccc34)cccc2c1. The van der Waals surface area contributed by atoms with Crippen LogP contribution in [-0.4, -0.2) is 0 Å². The molecule has 0 amide bonds. The Balaban J connectivity index is 1.35. The number of benzene rings is 9. The molecule has 0 fully saturated rings. The van der Waals surface area contributed by atoms with Gasteiger partial charge in [-0.2, -0.15) is 0 Å². The second-order valence-electron chi connectivity index (χ2n) is 12.7. The zero-order valence-electron chi connectivity index (χ0n) is 25.8. The van der Waals surface area contributed by atoms with Crippen molar-refractivity contribution in [3.63, 3.8) is 0 Å². The van der Waals surface area contributed by atoms with Crippen LogP contribution < -0.4 is 0 Å². The molecule has 0 aliphatic rings. The summed E-state index contributed by atoms with van der Waals surface area (Å²) in [6, 6.07) is 56.5. The first-order chi connectivity index (χ1) is 23.8. The van der Waals surface area contributed by atoms with E-state index in [-0.39, 0.29) is 0 Å². The maximum atomic E-state index is 6.84. The van der Waals surface area contributed by atoms with Crippen molar-refractivity contribution in [2.75, 3.05) is 0 Å². The van der Waals surface area contributed by atoms with Crippen molar-refractivity contribution in [1.82, 2.24) is 0 Å². The molecule has 0 aliphatic carbocycles. The Morgan fingerprint density at radius 3 is 1.52 bits per heavy atom. The third kappa shape index (κ3) is 3.41. The second-order valence-corrected chi connectivity index (χ2v) is 12.7. The second kappa shape index (κ2) is 9.57. The number of para-hydroxylation sites is 1. The molecule has 0 aliphatic heterocycles. The first-order valence-electron chi connectivity index (χ1n) is 16.4. The Morgan fingerprint density at radius 2 is 0.812 bits per heavy atom. The first kappa shape index (κ1) is 25.8. The Labute approximate surface area is 275 Å². The lowest BCUT2D eigenvalue weighted by atomic mass is 9.83. The van der Waals surface area contributed by atoms with Gasteiger partial charge in [-0.05, 0) is 78.2 Å². The molecule has 222 valence electrons. The van der Waals surface area contributed by atoms with Crippen molar-refractivity contribution in [3.8, 4) is 22.3 Å². The average Bonchev–Trinajstić information content (AvgIpc) is 3.72. The van der Waals surface area contributed by atoms with E-state index < -0.39 is 0 Å². The fraction of sp³-hybridized carbons (Fsp3) is 0. The van der Waals surface area contributed by atoms with E-state index in [0.717, 1.165) is 60.2 Å². The fourth-order valence-corrected chi connectivity index (χ4v) is 8.22. The van der Waals surface area contributed by atoms with Crippen LogP contribution in [0.1, 0.15) is 0 Å². The lowest BCUT2D eigenvalue weighted by molar-refractivity contribution is 0.665. The van der Waals surface area contributed by atoms with Crippen molar-refractivity contribution in [3.05, 3.63) is 158 Å². The highest BCUT2D eigenvalue weighted by Gasteiger charge is 2.25. The molecule has 0 spiro atoms. The number of rotatable bonds is 2. The van der Waals surface area contributed by atoms with Crippen LogP contribution in [0.2, 0.25) is 0 Å². The minimum absolute atomic E-state index is 0.828. The van der Waals surface area contributed by atoms with Crippen LogP contribution in [0.3, 0.4) is 0 Å². The van der Waals surface area contributed by atoms with Crippen molar-refractivity contribution < 1.29 is 8.83 Å². The smallest absolute Gasteiger partial charge is 0.147 e. The van der Waals surface area contributed by atoms with E-state index in [1.54, 1.807) is 0 Å². The summed E-state index contributed by atoms with van der Waals surface area (Å²) in [5.41, 5.74) is 8.26. The molecule has 2 heterocycles. The molecule has 0 saturated carbocycles. The molecule has 0 saturated heterocycles. The molecule has 2 heteroatoms. The quantitative estimate of drug-likeness (QED) is 0.182. The van der Waals surface area contributed by atoms with E-state index in [2.05, 4.69) is 152 Å². The zero-order valence-corrected chi connectivity index (χ0v) is 25.8. The van der Waals surface area contributed by atoms with Crippen LogP contribution in [0.25, 0.3) is 109 Å². The Kier molecular flexibility index (Phi) is 5.14. The van der Waals surface area contributed by atoms with Gasteiger partial charge in [0.25, 0.3) is 0 Å². The van der Waals surface area contributed by atoms with Gasteiger partial charge in [-0.25, -0.2) is 0 Å². The standard InChI is InChI=1S/C46H26O2/c1-3-15-29-27(12-1)14-11-22-31(29)41-32-17-5-7-19-34(32)42(35-20-8-6-18-33(35)41)38-26-40-44(46-43(38)36-21-9-10-23-39(36)47-46)37-25-24-28-13-2-4-16-30(28)45(37)48-40/h1-26H. The summed E-state index contributed by atoms with van der Waals surface area (Å²) >= 11 is 0. The predicted molar refractivity (Wildman–Crippen MR) is 202 cm³/mol. The van der Waals surface area contributed by atoms with Gasteiger partial charge in [0, 0.05) is 21.5 Å². The van der Waals surface area contributed by atoms with E-state index in [0.29, 0.717) is 0 Å². The molecular weight excluding hydrogens is 585 g/mol. The Hall–Kier alpha value is -6.38. The van der Waals surface area contributed by atoms with Crippen molar-refractivity contribution in [2.24, 2.45) is 0 Å². The highest BCUT2D eigenvalue weighted by atomic mass is 16.3. The van der Waals surface area contributed by atoms with Gasteiger partial charge < -0.3 is 8.83 Å². The highest BCUT2D eigenvalue weighted by Crippen LogP contribution is 2.50. The van der Waals surface area contributed by atoms with Crippen LogP contribution in [0.15, 0.2) is 167 Å². The average molecular weight is 611 g/mol. The van der Waals surface area contributed by atoms with Crippen molar-refractivity contribution in [2.45, 2.75) is 0 Å². The summed E-state index contributed by atoms with van der Waals surface area (Å²) in [7, 11) is 0. The minimum atomic E-state index is 0.828. The number of hydrogen-bond acceptors (Lipinski definition) is 2. The van der Waals surface area contributed by atoms with Crippen molar-refractivity contribution in [1.29, 1.82) is 0 Å². The number of furan rings is 2. The topological polar surface area (TPSA) is 26.3 Å². The molecule has 0 unspecified atom stereocenters. The van der Waals surface area contributed by atoms with E-state index in [4.69, 9.17) is 8.83 Å². The molecule has 0 N–H and O–H groups in total. The Bertz CT molecular complexity index is 3060. The molecule has 48 heavy (non-hydrogen) atoms. The third-order valence-electron chi connectivity index (χ3n) is 10.2. The molecule has 0 bridgehead atoms. The van der Waals surface area contributed by atoms with Crippen LogP contribution >= 0.6 is 0 Å². The molecule has 0 atom stereocenters. The lowest BCUT2D eigenvalue weighted by Gasteiger charge is -2.19. The summed E-state index contributed by atoms with van der Waals surface area (Å²) in [6.45, 7) is 0. The van der Waals surface area contributed by atoms with Crippen LogP contribution in [0.4, 0.5) is 0 Å².